The molecule has 0 heterocycles. The minimum atomic E-state index is -0.988. The molecule has 0 atom stereocenters. The van der Waals surface area contributed by atoms with Crippen molar-refractivity contribution in [3.05, 3.63) is 49.1 Å². The van der Waals surface area contributed by atoms with E-state index < -0.39 is 5.97 Å². The molecule has 0 spiro atoms. The predicted octanol–water partition coefficient (Wildman–Crippen LogP) is 7.84. The standard InChI is InChI=1S/C33H50O8/c1-3-31(34)40-25-19-15-11-7-5-9-13-17-23-38-29-22-21-28(33(36)37)27-30(29)39-24-18-14-10-6-8-12-16-20-26-41-32(35)4-2/h3-4,21-22,27H,1-2,5-20,23-26H2,(H,36,37). The molecule has 0 fully saturated rings. The van der Waals surface area contributed by atoms with Crippen LogP contribution in [0.1, 0.15) is 113 Å². The van der Waals surface area contributed by atoms with Crippen LogP contribution < -0.4 is 9.47 Å². The van der Waals surface area contributed by atoms with Gasteiger partial charge in [0.05, 0.1) is 32.0 Å². The lowest BCUT2D eigenvalue weighted by Crippen LogP contribution is -2.05. The molecule has 0 aliphatic rings. The molecule has 0 amide bonds. The van der Waals surface area contributed by atoms with E-state index in [0.717, 1.165) is 89.9 Å². The maximum atomic E-state index is 11.4. The fourth-order valence-electron chi connectivity index (χ4n) is 4.23. The number of hydrogen-bond donors (Lipinski definition) is 1. The Morgan fingerprint density at radius 2 is 0.927 bits per heavy atom. The lowest BCUT2D eigenvalue weighted by atomic mass is 10.1. The van der Waals surface area contributed by atoms with Crippen LogP contribution in [0.2, 0.25) is 0 Å². The number of esters is 2. The molecule has 1 rings (SSSR count). The van der Waals surface area contributed by atoms with Gasteiger partial charge in [-0.05, 0) is 43.9 Å². The molecule has 0 radical (unpaired) electrons. The highest BCUT2D eigenvalue weighted by Gasteiger charge is 2.11. The number of carboxylic acid groups (broad SMARTS) is 1. The zero-order chi connectivity index (χ0) is 30.0. The van der Waals surface area contributed by atoms with Crippen LogP contribution in [0, 0.1) is 0 Å². The van der Waals surface area contributed by atoms with Gasteiger partial charge in [-0.15, -0.1) is 0 Å². The molecule has 1 aromatic carbocycles. The van der Waals surface area contributed by atoms with Crippen molar-refractivity contribution in [1.82, 2.24) is 0 Å². The van der Waals surface area contributed by atoms with Crippen molar-refractivity contribution in [2.75, 3.05) is 26.4 Å². The summed E-state index contributed by atoms with van der Waals surface area (Å²) in [5.74, 6) is -0.635. The number of benzene rings is 1. The van der Waals surface area contributed by atoms with Gasteiger partial charge in [0, 0.05) is 12.2 Å². The summed E-state index contributed by atoms with van der Waals surface area (Å²) in [6.45, 7) is 8.75. The first-order chi connectivity index (χ1) is 20.0. The minimum absolute atomic E-state index is 0.186. The summed E-state index contributed by atoms with van der Waals surface area (Å²) in [5.41, 5.74) is 0.186. The van der Waals surface area contributed by atoms with Gasteiger partial charge in [0.1, 0.15) is 0 Å². The van der Waals surface area contributed by atoms with Gasteiger partial charge in [-0.2, -0.15) is 0 Å². The Bertz CT molecular complexity index is 895. The van der Waals surface area contributed by atoms with E-state index in [0.29, 0.717) is 37.9 Å². The Kier molecular flexibility index (Phi) is 21.4. The van der Waals surface area contributed by atoms with Gasteiger partial charge in [0.2, 0.25) is 0 Å². The summed E-state index contributed by atoms with van der Waals surface area (Å²) in [5, 5.41) is 9.36. The van der Waals surface area contributed by atoms with Crippen LogP contribution >= 0.6 is 0 Å². The summed E-state index contributed by atoms with van der Waals surface area (Å²) in [6, 6.07) is 4.78. The number of unbranched alkanes of at least 4 members (excludes halogenated alkanes) is 14. The second-order valence-corrected chi connectivity index (χ2v) is 10.1. The van der Waals surface area contributed by atoms with Crippen molar-refractivity contribution in [3.63, 3.8) is 0 Å². The van der Waals surface area contributed by atoms with Crippen LogP contribution in [-0.2, 0) is 19.1 Å². The quantitative estimate of drug-likeness (QED) is 0.0643. The molecule has 0 saturated heterocycles. The Balaban J connectivity index is 2.15. The average Bonchev–Trinajstić information content (AvgIpc) is 2.98. The molecule has 0 aliphatic heterocycles. The first-order valence-corrected chi connectivity index (χ1v) is 15.2. The third-order valence-electron chi connectivity index (χ3n) is 6.61. The lowest BCUT2D eigenvalue weighted by Gasteiger charge is -2.14. The van der Waals surface area contributed by atoms with Crippen molar-refractivity contribution < 1.29 is 38.4 Å². The number of carbonyl (C=O) groups excluding carboxylic acids is 2. The normalized spacial score (nSPS) is 10.5. The van der Waals surface area contributed by atoms with Crippen molar-refractivity contribution in [2.45, 2.75) is 103 Å². The van der Waals surface area contributed by atoms with E-state index in [2.05, 4.69) is 13.2 Å². The lowest BCUT2D eigenvalue weighted by molar-refractivity contribution is -0.138. The summed E-state index contributed by atoms with van der Waals surface area (Å²) in [4.78, 5) is 33.4. The number of carboxylic acids is 1. The van der Waals surface area contributed by atoms with Crippen LogP contribution in [0.25, 0.3) is 0 Å². The van der Waals surface area contributed by atoms with Crippen molar-refractivity contribution >= 4 is 17.9 Å². The van der Waals surface area contributed by atoms with Crippen LogP contribution in [0.3, 0.4) is 0 Å². The summed E-state index contributed by atoms with van der Waals surface area (Å²) in [7, 11) is 0. The average molecular weight is 575 g/mol. The summed E-state index contributed by atoms with van der Waals surface area (Å²) in [6.07, 6.45) is 19.4. The molecular formula is C33H50O8. The van der Waals surface area contributed by atoms with Crippen LogP contribution in [0.4, 0.5) is 0 Å². The highest BCUT2D eigenvalue weighted by atomic mass is 16.5. The molecule has 41 heavy (non-hydrogen) atoms. The van der Waals surface area contributed by atoms with Crippen LogP contribution in [0.15, 0.2) is 43.5 Å². The maximum Gasteiger partial charge on any atom is 0.335 e. The topological polar surface area (TPSA) is 108 Å². The summed E-state index contributed by atoms with van der Waals surface area (Å²) >= 11 is 0. The summed E-state index contributed by atoms with van der Waals surface area (Å²) < 4.78 is 21.8. The molecular weight excluding hydrogens is 524 g/mol. The predicted molar refractivity (Wildman–Crippen MR) is 161 cm³/mol. The second kappa shape index (κ2) is 24.5. The Labute approximate surface area is 246 Å². The molecule has 0 bridgehead atoms. The van der Waals surface area contributed by atoms with E-state index in [1.807, 2.05) is 0 Å². The number of aromatic carboxylic acids is 1. The Morgan fingerprint density at radius 1 is 0.561 bits per heavy atom. The molecule has 1 aromatic rings. The monoisotopic (exact) mass is 574 g/mol. The highest BCUT2D eigenvalue weighted by Crippen LogP contribution is 2.29. The Morgan fingerprint density at radius 3 is 1.32 bits per heavy atom. The van der Waals surface area contributed by atoms with E-state index >= 15 is 0 Å². The minimum Gasteiger partial charge on any atom is -0.490 e. The molecule has 8 heteroatoms. The van der Waals surface area contributed by atoms with E-state index in [1.54, 1.807) is 18.2 Å². The molecule has 0 aromatic heterocycles. The number of ether oxygens (including phenoxy) is 4. The zero-order valence-electron chi connectivity index (χ0n) is 24.7. The molecule has 0 unspecified atom stereocenters. The Hall–Kier alpha value is -3.29. The van der Waals surface area contributed by atoms with Crippen LogP contribution in [-0.4, -0.2) is 49.4 Å². The van der Waals surface area contributed by atoms with Gasteiger partial charge in [-0.1, -0.05) is 90.2 Å². The first kappa shape index (κ1) is 35.7. The SMILES string of the molecule is C=CC(=O)OCCCCCCCCCCOc1ccc(C(=O)O)cc1OCCCCCCCCCCOC(=O)C=C. The molecule has 0 saturated carbocycles. The van der Waals surface area contributed by atoms with E-state index in [1.165, 1.54) is 25.0 Å². The van der Waals surface area contributed by atoms with E-state index in [4.69, 9.17) is 18.9 Å². The third kappa shape index (κ3) is 19.4. The molecule has 0 aliphatic carbocycles. The van der Waals surface area contributed by atoms with E-state index in [9.17, 15) is 19.5 Å². The maximum absolute atomic E-state index is 11.4. The molecule has 1 N–H and O–H groups in total. The smallest absolute Gasteiger partial charge is 0.335 e. The van der Waals surface area contributed by atoms with Crippen molar-refractivity contribution in [1.29, 1.82) is 0 Å². The van der Waals surface area contributed by atoms with Gasteiger partial charge >= 0.3 is 17.9 Å². The van der Waals surface area contributed by atoms with Gasteiger partial charge in [0.15, 0.2) is 11.5 Å². The van der Waals surface area contributed by atoms with Crippen molar-refractivity contribution in [3.8, 4) is 11.5 Å². The van der Waals surface area contributed by atoms with Gasteiger partial charge in [-0.25, -0.2) is 14.4 Å². The van der Waals surface area contributed by atoms with E-state index in [-0.39, 0.29) is 17.5 Å². The largest absolute Gasteiger partial charge is 0.490 e. The fourth-order valence-corrected chi connectivity index (χ4v) is 4.23. The van der Waals surface area contributed by atoms with Gasteiger partial charge in [0.25, 0.3) is 0 Å². The highest BCUT2D eigenvalue weighted by molar-refractivity contribution is 5.88. The number of rotatable bonds is 27. The molecule has 8 nitrogen and oxygen atoms in total. The van der Waals surface area contributed by atoms with Crippen LogP contribution in [0.5, 0.6) is 11.5 Å². The third-order valence-corrected chi connectivity index (χ3v) is 6.61. The molecule has 230 valence electrons. The first-order valence-electron chi connectivity index (χ1n) is 15.2. The zero-order valence-corrected chi connectivity index (χ0v) is 24.7. The van der Waals surface area contributed by atoms with Crippen molar-refractivity contribution in [2.24, 2.45) is 0 Å². The van der Waals surface area contributed by atoms with Gasteiger partial charge < -0.3 is 24.1 Å². The number of hydrogen-bond acceptors (Lipinski definition) is 7. The number of carbonyl (C=O) groups is 3. The fraction of sp³-hybridized carbons (Fsp3) is 0.606. The van der Waals surface area contributed by atoms with Gasteiger partial charge in [-0.3, -0.25) is 0 Å². The second-order valence-electron chi connectivity index (χ2n) is 10.1.